The van der Waals surface area contributed by atoms with Gasteiger partial charge < -0.3 is 5.11 Å². The van der Waals surface area contributed by atoms with E-state index in [0.717, 1.165) is 0 Å². The van der Waals surface area contributed by atoms with Gasteiger partial charge in [-0.1, -0.05) is 0 Å². The van der Waals surface area contributed by atoms with Crippen LogP contribution < -0.4 is 0 Å². The zero-order valence-electron chi connectivity index (χ0n) is 12.7. The predicted octanol–water partition coefficient (Wildman–Crippen LogP) is 0.867. The minimum absolute atomic E-state index is 0.107. The van der Waals surface area contributed by atoms with Gasteiger partial charge in [0, 0.05) is 25.5 Å². The van der Waals surface area contributed by atoms with E-state index in [1.807, 2.05) is 0 Å². The molecule has 0 bridgehead atoms. The average molecular weight is 336 g/mol. The van der Waals surface area contributed by atoms with Crippen molar-refractivity contribution in [3.05, 3.63) is 40.5 Å². The van der Waals surface area contributed by atoms with E-state index in [0.29, 0.717) is 28.9 Å². The topological polar surface area (TPSA) is 116 Å². The summed E-state index contributed by atoms with van der Waals surface area (Å²) in [4.78, 5) is 15.3. The van der Waals surface area contributed by atoms with Gasteiger partial charge in [-0.2, -0.15) is 9.40 Å². The van der Waals surface area contributed by atoms with E-state index in [-0.39, 0.29) is 23.5 Å². The Morgan fingerprint density at radius 1 is 1.35 bits per heavy atom. The highest BCUT2D eigenvalue weighted by Gasteiger charge is 2.33. The van der Waals surface area contributed by atoms with Crippen LogP contribution in [0.3, 0.4) is 0 Å². The van der Waals surface area contributed by atoms with Crippen LogP contribution in [-0.4, -0.2) is 45.5 Å². The van der Waals surface area contributed by atoms with Crippen molar-refractivity contribution in [1.82, 2.24) is 19.5 Å². The number of aromatic nitrogens is 3. The van der Waals surface area contributed by atoms with Crippen molar-refractivity contribution in [2.24, 2.45) is 0 Å². The van der Waals surface area contributed by atoms with Gasteiger partial charge in [-0.15, -0.1) is 0 Å². The molecule has 122 valence electrons. The Hall–Kier alpha value is -2.26. The monoisotopic (exact) mass is 336 g/mol. The van der Waals surface area contributed by atoms with Crippen LogP contribution in [0.2, 0.25) is 0 Å². The fourth-order valence-corrected chi connectivity index (χ4v) is 4.66. The number of nitrogens with one attached hydrogen (secondary N) is 1. The summed E-state index contributed by atoms with van der Waals surface area (Å²) in [5, 5.41) is 15.8. The van der Waals surface area contributed by atoms with Crippen LogP contribution in [0, 0.1) is 13.8 Å². The molecule has 2 N–H and O–H groups in total. The summed E-state index contributed by atoms with van der Waals surface area (Å²) in [6.45, 7) is 3.63. The molecule has 0 aliphatic carbocycles. The summed E-state index contributed by atoms with van der Waals surface area (Å²) >= 11 is 0. The first-order valence-electron chi connectivity index (χ1n) is 7.03. The van der Waals surface area contributed by atoms with Crippen molar-refractivity contribution in [2.45, 2.75) is 31.7 Å². The van der Waals surface area contributed by atoms with Gasteiger partial charge in [0.2, 0.25) is 10.0 Å². The number of pyridine rings is 1. The molecule has 0 unspecified atom stereocenters. The van der Waals surface area contributed by atoms with E-state index in [1.165, 1.54) is 16.7 Å². The maximum Gasteiger partial charge on any atom is 0.337 e. The fourth-order valence-electron chi connectivity index (χ4n) is 2.91. The van der Waals surface area contributed by atoms with Gasteiger partial charge in [0.1, 0.15) is 4.90 Å². The summed E-state index contributed by atoms with van der Waals surface area (Å²) in [6, 6.07) is 0. The third-order valence-corrected chi connectivity index (χ3v) is 6.10. The largest absolute Gasteiger partial charge is 0.478 e. The number of aromatic carboxylic acids is 1. The number of carbonyl (C=O) groups is 1. The van der Waals surface area contributed by atoms with Crippen molar-refractivity contribution in [3.8, 4) is 0 Å². The van der Waals surface area contributed by atoms with Crippen LogP contribution >= 0.6 is 0 Å². The van der Waals surface area contributed by atoms with Crippen molar-refractivity contribution in [1.29, 1.82) is 0 Å². The standard InChI is InChI=1S/C14H16N4O4S/c1-8-13(9(2)17-16-8)23(21,22)18-4-3-11-10(7-18)5-15-6-12(11)14(19)20/h5-6H,3-4,7H2,1-2H3,(H,16,17)(H,19,20). The number of hydrogen-bond acceptors (Lipinski definition) is 5. The molecule has 1 aliphatic heterocycles. The van der Waals surface area contributed by atoms with Gasteiger partial charge in [0.05, 0.1) is 17.0 Å². The lowest BCUT2D eigenvalue weighted by Crippen LogP contribution is -2.37. The second-order valence-corrected chi connectivity index (χ2v) is 7.36. The number of fused-ring (bicyclic) bond motifs is 1. The van der Waals surface area contributed by atoms with Crippen LogP contribution in [0.15, 0.2) is 17.3 Å². The van der Waals surface area contributed by atoms with Crippen LogP contribution in [0.25, 0.3) is 0 Å². The smallest absolute Gasteiger partial charge is 0.337 e. The quantitative estimate of drug-likeness (QED) is 0.859. The number of aryl methyl sites for hydroxylation is 2. The molecule has 0 spiro atoms. The number of nitrogens with zero attached hydrogens (tertiary/aromatic N) is 3. The molecule has 3 rings (SSSR count). The van der Waals surface area contributed by atoms with E-state index in [4.69, 9.17) is 0 Å². The van der Waals surface area contributed by atoms with Crippen molar-refractivity contribution in [3.63, 3.8) is 0 Å². The van der Waals surface area contributed by atoms with Gasteiger partial charge in [-0.05, 0) is 31.4 Å². The first-order chi connectivity index (χ1) is 10.8. The van der Waals surface area contributed by atoms with Crippen LogP contribution in [0.5, 0.6) is 0 Å². The molecule has 0 amide bonds. The molecule has 9 heteroatoms. The molecule has 0 radical (unpaired) electrons. The normalized spacial score (nSPS) is 15.4. The zero-order valence-corrected chi connectivity index (χ0v) is 13.5. The van der Waals surface area contributed by atoms with Gasteiger partial charge in [0.25, 0.3) is 0 Å². The molecule has 3 heterocycles. The minimum Gasteiger partial charge on any atom is -0.478 e. The van der Waals surface area contributed by atoms with E-state index < -0.39 is 16.0 Å². The Morgan fingerprint density at radius 2 is 2.09 bits per heavy atom. The number of hydrogen-bond donors (Lipinski definition) is 2. The van der Waals surface area contributed by atoms with Gasteiger partial charge in [0.15, 0.2) is 0 Å². The third kappa shape index (κ3) is 2.51. The van der Waals surface area contributed by atoms with Crippen molar-refractivity contribution < 1.29 is 18.3 Å². The maximum atomic E-state index is 12.8. The first-order valence-corrected chi connectivity index (χ1v) is 8.47. The SMILES string of the molecule is Cc1n[nH]c(C)c1S(=O)(=O)N1CCc2c(cncc2C(=O)O)C1. The van der Waals surface area contributed by atoms with Gasteiger partial charge >= 0.3 is 5.97 Å². The third-order valence-electron chi connectivity index (χ3n) is 3.99. The highest BCUT2D eigenvalue weighted by Crippen LogP contribution is 2.28. The lowest BCUT2D eigenvalue weighted by Gasteiger charge is -2.28. The lowest BCUT2D eigenvalue weighted by atomic mass is 9.98. The highest BCUT2D eigenvalue weighted by atomic mass is 32.2. The molecular weight excluding hydrogens is 320 g/mol. The van der Waals surface area contributed by atoms with E-state index in [2.05, 4.69) is 15.2 Å². The summed E-state index contributed by atoms with van der Waals surface area (Å²) < 4.78 is 27.0. The summed E-state index contributed by atoms with van der Waals surface area (Å²) in [5.74, 6) is -1.05. The summed E-state index contributed by atoms with van der Waals surface area (Å²) in [6.07, 6.45) is 3.17. The number of carboxylic acids is 1. The van der Waals surface area contributed by atoms with Crippen molar-refractivity contribution >= 4 is 16.0 Å². The molecule has 0 saturated heterocycles. The average Bonchev–Trinajstić information content (AvgIpc) is 2.85. The van der Waals surface area contributed by atoms with Crippen LogP contribution in [0.4, 0.5) is 0 Å². The van der Waals surface area contributed by atoms with Crippen LogP contribution in [0.1, 0.15) is 32.9 Å². The second kappa shape index (κ2) is 5.43. The number of carboxylic acid groups (broad SMARTS) is 1. The molecule has 0 aromatic carbocycles. The fraction of sp³-hybridized carbons (Fsp3) is 0.357. The summed E-state index contributed by atoms with van der Waals surface area (Å²) in [5.41, 5.74) is 2.32. The Bertz CT molecular complexity index is 869. The maximum absolute atomic E-state index is 12.8. The molecule has 1 aliphatic rings. The number of aromatic amines is 1. The van der Waals surface area contributed by atoms with Crippen molar-refractivity contribution in [2.75, 3.05) is 6.54 Å². The highest BCUT2D eigenvalue weighted by molar-refractivity contribution is 7.89. The molecule has 23 heavy (non-hydrogen) atoms. The van der Waals surface area contributed by atoms with E-state index in [9.17, 15) is 18.3 Å². The molecule has 2 aromatic rings. The second-order valence-electron chi connectivity index (χ2n) is 5.48. The molecule has 2 aromatic heterocycles. The Morgan fingerprint density at radius 3 is 2.70 bits per heavy atom. The number of rotatable bonds is 3. The van der Waals surface area contributed by atoms with Gasteiger partial charge in [-0.25, -0.2) is 13.2 Å². The van der Waals surface area contributed by atoms with Crippen LogP contribution in [-0.2, 0) is 23.0 Å². The minimum atomic E-state index is -3.69. The Labute approximate surface area is 133 Å². The number of sulfonamides is 1. The predicted molar refractivity (Wildman–Crippen MR) is 80.6 cm³/mol. The summed E-state index contributed by atoms with van der Waals surface area (Å²) in [7, 11) is -3.69. The molecule has 0 fully saturated rings. The molecule has 0 atom stereocenters. The Balaban J connectivity index is 2.00. The first kappa shape index (κ1) is 15.6. The zero-order chi connectivity index (χ0) is 16.8. The Kier molecular flexibility index (Phi) is 3.69. The van der Waals surface area contributed by atoms with Gasteiger partial charge in [-0.3, -0.25) is 10.1 Å². The molecule has 0 saturated carbocycles. The van der Waals surface area contributed by atoms with E-state index >= 15 is 0 Å². The van der Waals surface area contributed by atoms with E-state index in [1.54, 1.807) is 13.8 Å². The lowest BCUT2D eigenvalue weighted by molar-refractivity contribution is 0.0694. The molecule has 8 nitrogen and oxygen atoms in total. The molecular formula is C14H16N4O4S. The number of H-pyrrole nitrogens is 1.